The lowest BCUT2D eigenvalue weighted by molar-refractivity contribution is -0.114. The van der Waals surface area contributed by atoms with Crippen LogP contribution in [0.25, 0.3) is 16.4 Å². The summed E-state index contributed by atoms with van der Waals surface area (Å²) in [6.45, 7) is 3.34. The molecule has 0 aliphatic heterocycles. The lowest BCUT2D eigenvalue weighted by atomic mass is 10.2. The van der Waals surface area contributed by atoms with Crippen LogP contribution in [0.5, 0.6) is 0 Å². The van der Waals surface area contributed by atoms with Crippen LogP contribution in [0.2, 0.25) is 5.02 Å². The van der Waals surface area contributed by atoms with Crippen molar-refractivity contribution in [3.63, 3.8) is 0 Å². The van der Waals surface area contributed by atoms with Gasteiger partial charge in [0.25, 0.3) is 0 Å². The molecule has 2 aromatic heterocycles. The van der Waals surface area contributed by atoms with Gasteiger partial charge < -0.3 is 5.32 Å². The molecule has 112 valence electrons. The highest BCUT2D eigenvalue weighted by molar-refractivity contribution is 7.12. The van der Waals surface area contributed by atoms with E-state index in [2.05, 4.69) is 15.4 Å². The Morgan fingerprint density at radius 3 is 2.73 bits per heavy atom. The molecule has 3 aromatic rings. The predicted molar refractivity (Wildman–Crippen MR) is 88.7 cm³/mol. The number of aryl methyl sites for hydroxylation is 1. The topological polar surface area (TPSA) is 59.8 Å². The van der Waals surface area contributed by atoms with E-state index in [0.717, 1.165) is 17.0 Å². The van der Waals surface area contributed by atoms with Gasteiger partial charge in [-0.05, 0) is 19.1 Å². The highest BCUT2D eigenvalue weighted by atomic mass is 35.5. The summed E-state index contributed by atoms with van der Waals surface area (Å²) in [5, 5.41) is 10.5. The predicted octanol–water partition coefficient (Wildman–Crippen LogP) is 3.92. The van der Waals surface area contributed by atoms with Crippen molar-refractivity contribution in [3.8, 4) is 16.4 Å². The Morgan fingerprint density at radius 2 is 2.05 bits per heavy atom. The third kappa shape index (κ3) is 3.03. The van der Waals surface area contributed by atoms with E-state index in [1.807, 2.05) is 42.6 Å². The van der Waals surface area contributed by atoms with Crippen LogP contribution in [0.1, 0.15) is 12.6 Å². The molecule has 0 radical (unpaired) electrons. The van der Waals surface area contributed by atoms with Crippen molar-refractivity contribution in [1.82, 2.24) is 14.8 Å². The standard InChI is InChI=1S/C15H13ClN4OS/c1-9-7-14(17-10(2)21)20(19-9)15-18-13(8-22-15)11-3-5-12(16)6-4-11/h3-8H,1-2H3,(H,17,21). The smallest absolute Gasteiger partial charge is 0.222 e. The quantitative estimate of drug-likeness (QED) is 0.791. The van der Waals surface area contributed by atoms with Gasteiger partial charge in [0.1, 0.15) is 5.82 Å². The van der Waals surface area contributed by atoms with Gasteiger partial charge in [0.2, 0.25) is 11.0 Å². The summed E-state index contributed by atoms with van der Waals surface area (Å²) in [5.41, 5.74) is 2.64. The Balaban J connectivity index is 1.97. The first-order valence-corrected chi connectivity index (χ1v) is 7.85. The van der Waals surface area contributed by atoms with Crippen LogP contribution in [0, 0.1) is 6.92 Å². The van der Waals surface area contributed by atoms with Crippen molar-refractivity contribution in [3.05, 3.63) is 46.4 Å². The second kappa shape index (κ2) is 5.90. The van der Waals surface area contributed by atoms with Crippen LogP contribution >= 0.6 is 22.9 Å². The fourth-order valence-electron chi connectivity index (χ4n) is 2.03. The van der Waals surface area contributed by atoms with Crippen molar-refractivity contribution in [2.75, 3.05) is 5.32 Å². The molecule has 0 spiro atoms. The maximum absolute atomic E-state index is 11.3. The number of hydrogen-bond acceptors (Lipinski definition) is 4. The van der Waals surface area contributed by atoms with Crippen molar-refractivity contribution in [2.45, 2.75) is 13.8 Å². The highest BCUT2D eigenvalue weighted by Crippen LogP contribution is 2.27. The van der Waals surface area contributed by atoms with E-state index in [-0.39, 0.29) is 5.91 Å². The van der Waals surface area contributed by atoms with Crippen LogP contribution in [0.3, 0.4) is 0 Å². The Morgan fingerprint density at radius 1 is 1.32 bits per heavy atom. The molecule has 1 amide bonds. The maximum Gasteiger partial charge on any atom is 0.222 e. The summed E-state index contributed by atoms with van der Waals surface area (Å²) in [5.74, 6) is 0.470. The van der Waals surface area contributed by atoms with E-state index in [0.29, 0.717) is 16.0 Å². The van der Waals surface area contributed by atoms with Gasteiger partial charge in [0.15, 0.2) is 0 Å². The van der Waals surface area contributed by atoms with Crippen molar-refractivity contribution in [2.24, 2.45) is 0 Å². The number of carbonyl (C=O) groups excluding carboxylic acids is 1. The number of aromatic nitrogens is 3. The number of benzene rings is 1. The third-order valence-electron chi connectivity index (χ3n) is 2.95. The summed E-state index contributed by atoms with van der Waals surface area (Å²) in [6.07, 6.45) is 0. The van der Waals surface area contributed by atoms with Gasteiger partial charge in [0, 0.05) is 29.0 Å². The molecule has 0 saturated heterocycles. The van der Waals surface area contributed by atoms with Gasteiger partial charge in [-0.1, -0.05) is 23.7 Å². The molecule has 5 nitrogen and oxygen atoms in total. The molecule has 1 aromatic carbocycles. The first-order chi connectivity index (χ1) is 10.5. The minimum Gasteiger partial charge on any atom is -0.311 e. The minimum absolute atomic E-state index is 0.143. The molecule has 3 rings (SSSR count). The highest BCUT2D eigenvalue weighted by Gasteiger charge is 2.13. The van der Waals surface area contributed by atoms with Gasteiger partial charge in [-0.3, -0.25) is 4.79 Å². The van der Waals surface area contributed by atoms with E-state index in [1.165, 1.54) is 18.3 Å². The molecule has 0 bridgehead atoms. The van der Waals surface area contributed by atoms with Gasteiger partial charge in [-0.15, -0.1) is 11.3 Å². The normalized spacial score (nSPS) is 10.7. The number of hydrogen-bond donors (Lipinski definition) is 1. The zero-order chi connectivity index (χ0) is 15.7. The molecule has 0 atom stereocenters. The molecule has 0 saturated carbocycles. The van der Waals surface area contributed by atoms with Gasteiger partial charge in [-0.2, -0.15) is 9.78 Å². The van der Waals surface area contributed by atoms with Gasteiger partial charge >= 0.3 is 0 Å². The second-order valence-corrected chi connectivity index (χ2v) is 6.06. The molecule has 0 aliphatic rings. The van der Waals surface area contributed by atoms with E-state index in [1.54, 1.807) is 4.68 Å². The molecule has 22 heavy (non-hydrogen) atoms. The second-order valence-electron chi connectivity index (χ2n) is 4.79. The van der Waals surface area contributed by atoms with Crippen LogP contribution in [0.15, 0.2) is 35.7 Å². The first-order valence-electron chi connectivity index (χ1n) is 6.59. The summed E-state index contributed by atoms with van der Waals surface area (Å²) in [7, 11) is 0. The lowest BCUT2D eigenvalue weighted by Gasteiger charge is -2.03. The minimum atomic E-state index is -0.143. The van der Waals surface area contributed by atoms with Gasteiger partial charge in [0.05, 0.1) is 11.4 Å². The number of rotatable bonds is 3. The summed E-state index contributed by atoms with van der Waals surface area (Å²) in [4.78, 5) is 15.9. The molecule has 0 unspecified atom stereocenters. The number of nitrogens with zero attached hydrogens (tertiary/aromatic N) is 3. The van der Waals surface area contributed by atoms with E-state index < -0.39 is 0 Å². The Kier molecular flexibility index (Phi) is 3.96. The lowest BCUT2D eigenvalue weighted by Crippen LogP contribution is -2.10. The maximum atomic E-state index is 11.3. The van der Waals surface area contributed by atoms with E-state index in [4.69, 9.17) is 11.6 Å². The average molecular weight is 333 g/mol. The number of nitrogens with one attached hydrogen (secondary N) is 1. The molecular formula is C15H13ClN4OS. The zero-order valence-electron chi connectivity index (χ0n) is 12.0. The van der Waals surface area contributed by atoms with Crippen LogP contribution < -0.4 is 5.32 Å². The van der Waals surface area contributed by atoms with E-state index in [9.17, 15) is 4.79 Å². The fraction of sp³-hybridized carbons (Fsp3) is 0.133. The van der Waals surface area contributed by atoms with Crippen molar-refractivity contribution in [1.29, 1.82) is 0 Å². The fourth-order valence-corrected chi connectivity index (χ4v) is 2.95. The van der Waals surface area contributed by atoms with E-state index >= 15 is 0 Å². The zero-order valence-corrected chi connectivity index (χ0v) is 13.6. The van der Waals surface area contributed by atoms with Crippen molar-refractivity contribution >= 4 is 34.7 Å². The average Bonchev–Trinajstić information content (AvgIpc) is 3.06. The Bertz CT molecular complexity index is 822. The van der Waals surface area contributed by atoms with Crippen LogP contribution in [0.4, 0.5) is 5.82 Å². The summed E-state index contributed by atoms with van der Waals surface area (Å²) >= 11 is 7.36. The number of anilines is 1. The molecular weight excluding hydrogens is 320 g/mol. The molecule has 1 N–H and O–H groups in total. The van der Waals surface area contributed by atoms with Crippen LogP contribution in [-0.4, -0.2) is 20.7 Å². The molecule has 2 heterocycles. The summed E-state index contributed by atoms with van der Waals surface area (Å²) in [6, 6.07) is 9.31. The van der Waals surface area contributed by atoms with Crippen LogP contribution in [-0.2, 0) is 4.79 Å². The SMILES string of the molecule is CC(=O)Nc1cc(C)nn1-c1nc(-c2ccc(Cl)cc2)cs1. The summed E-state index contributed by atoms with van der Waals surface area (Å²) < 4.78 is 1.64. The Hall–Kier alpha value is -2.18. The molecule has 7 heteroatoms. The Labute approximate surface area is 136 Å². The molecule has 0 fully saturated rings. The monoisotopic (exact) mass is 332 g/mol. The largest absolute Gasteiger partial charge is 0.311 e. The number of amides is 1. The number of thiazole rings is 1. The van der Waals surface area contributed by atoms with Crippen molar-refractivity contribution < 1.29 is 4.79 Å². The third-order valence-corrected chi connectivity index (χ3v) is 4.02. The molecule has 0 aliphatic carbocycles. The number of carbonyl (C=O) groups is 1. The first kappa shape index (κ1) is 14.7. The van der Waals surface area contributed by atoms with Gasteiger partial charge in [-0.25, -0.2) is 4.98 Å². The number of halogens is 1.